The maximum atomic E-state index is 11.6. The zero-order valence-electron chi connectivity index (χ0n) is 8.84. The Morgan fingerprint density at radius 1 is 1.38 bits per heavy atom. The predicted molar refractivity (Wildman–Crippen MR) is 62.4 cm³/mol. The highest BCUT2D eigenvalue weighted by Crippen LogP contribution is 2.16. The third-order valence-corrected chi connectivity index (χ3v) is 3.00. The van der Waals surface area contributed by atoms with Crippen LogP contribution >= 0.6 is 11.3 Å². The largest absolute Gasteiger partial charge is 0.455 e. The average Bonchev–Trinajstić information content (AvgIpc) is 2.74. The molecule has 4 heteroatoms. The fourth-order valence-corrected chi connectivity index (χ4v) is 2.00. The van der Waals surface area contributed by atoms with Crippen molar-refractivity contribution in [3.05, 3.63) is 52.0 Å². The zero-order chi connectivity index (χ0) is 11.4. The number of rotatable bonds is 3. The first-order valence-electron chi connectivity index (χ1n) is 4.89. The van der Waals surface area contributed by atoms with Gasteiger partial charge in [-0.05, 0) is 31.2 Å². The van der Waals surface area contributed by atoms with Crippen LogP contribution in [-0.4, -0.2) is 11.0 Å². The number of esters is 1. The van der Waals surface area contributed by atoms with Gasteiger partial charge in [-0.2, -0.15) is 0 Å². The van der Waals surface area contributed by atoms with E-state index in [1.54, 1.807) is 12.3 Å². The molecule has 16 heavy (non-hydrogen) atoms. The molecule has 0 N–H and O–H groups in total. The number of pyridine rings is 1. The lowest BCUT2D eigenvalue weighted by molar-refractivity contribution is 0.0473. The molecule has 0 bridgehead atoms. The lowest BCUT2D eigenvalue weighted by Crippen LogP contribution is -2.03. The molecule has 0 amide bonds. The highest BCUT2D eigenvalue weighted by molar-refractivity contribution is 7.13. The first-order valence-corrected chi connectivity index (χ1v) is 5.71. The molecular formula is C12H11NO2S. The maximum absolute atomic E-state index is 11.6. The van der Waals surface area contributed by atoms with E-state index in [0.29, 0.717) is 4.88 Å². The summed E-state index contributed by atoms with van der Waals surface area (Å²) in [6.45, 7) is 2.18. The van der Waals surface area contributed by atoms with Crippen LogP contribution in [0.15, 0.2) is 36.5 Å². The minimum Gasteiger partial charge on any atom is -0.455 e. The van der Waals surface area contributed by atoms with Gasteiger partial charge in [-0.15, -0.1) is 11.3 Å². The highest BCUT2D eigenvalue weighted by Gasteiger charge is 2.09. The first kappa shape index (κ1) is 10.8. The maximum Gasteiger partial charge on any atom is 0.348 e. The monoisotopic (exact) mass is 233 g/mol. The lowest BCUT2D eigenvalue weighted by Gasteiger charge is -2.01. The summed E-state index contributed by atoms with van der Waals surface area (Å²) in [6, 6.07) is 9.20. The summed E-state index contributed by atoms with van der Waals surface area (Å²) in [4.78, 5) is 17.4. The summed E-state index contributed by atoms with van der Waals surface area (Å²) in [5, 5.41) is 0. The van der Waals surface area contributed by atoms with Crippen molar-refractivity contribution in [3.63, 3.8) is 0 Å². The molecule has 0 atom stereocenters. The van der Waals surface area contributed by atoms with Gasteiger partial charge in [0.15, 0.2) is 0 Å². The van der Waals surface area contributed by atoms with Crippen molar-refractivity contribution in [3.8, 4) is 0 Å². The van der Waals surface area contributed by atoms with Crippen LogP contribution in [0.3, 0.4) is 0 Å². The molecule has 0 radical (unpaired) electrons. The molecule has 0 aliphatic carbocycles. The average molecular weight is 233 g/mol. The van der Waals surface area contributed by atoms with E-state index in [1.807, 2.05) is 31.2 Å². The van der Waals surface area contributed by atoms with Crippen LogP contribution in [0.2, 0.25) is 0 Å². The van der Waals surface area contributed by atoms with E-state index in [-0.39, 0.29) is 12.6 Å². The summed E-state index contributed by atoms with van der Waals surface area (Å²) in [6.07, 6.45) is 1.68. The molecule has 3 nitrogen and oxygen atoms in total. The fraction of sp³-hybridized carbons (Fsp3) is 0.167. The van der Waals surface area contributed by atoms with E-state index < -0.39 is 0 Å². The molecule has 0 unspecified atom stereocenters. The number of hydrogen-bond donors (Lipinski definition) is 0. The number of aryl methyl sites for hydroxylation is 1. The van der Waals surface area contributed by atoms with E-state index in [2.05, 4.69) is 4.98 Å². The molecule has 82 valence electrons. The Kier molecular flexibility index (Phi) is 3.31. The van der Waals surface area contributed by atoms with Crippen LogP contribution in [0.4, 0.5) is 0 Å². The Bertz CT molecular complexity index is 479. The molecule has 2 heterocycles. The molecule has 0 fully saturated rings. The standard InChI is InChI=1S/C12H11NO2S/c1-9-5-6-11(16-9)12(14)15-8-10-4-2-3-7-13-10/h2-7H,8H2,1H3. The molecule has 2 aromatic rings. The second-order valence-electron chi connectivity index (χ2n) is 3.31. The van der Waals surface area contributed by atoms with Crippen molar-refractivity contribution in [2.75, 3.05) is 0 Å². The Labute approximate surface area is 97.7 Å². The fourth-order valence-electron chi connectivity index (χ4n) is 1.24. The van der Waals surface area contributed by atoms with Crippen molar-refractivity contribution in [2.45, 2.75) is 13.5 Å². The minimum atomic E-state index is -0.288. The third kappa shape index (κ3) is 2.67. The molecule has 2 rings (SSSR count). The van der Waals surface area contributed by atoms with Crippen LogP contribution in [0.1, 0.15) is 20.2 Å². The Balaban J connectivity index is 1.94. The van der Waals surface area contributed by atoms with Gasteiger partial charge in [0.2, 0.25) is 0 Å². The second-order valence-corrected chi connectivity index (χ2v) is 4.60. The molecule has 0 aliphatic rings. The van der Waals surface area contributed by atoms with Crippen molar-refractivity contribution >= 4 is 17.3 Å². The summed E-state index contributed by atoms with van der Waals surface area (Å²) in [7, 11) is 0. The Morgan fingerprint density at radius 3 is 2.88 bits per heavy atom. The van der Waals surface area contributed by atoms with E-state index in [4.69, 9.17) is 4.74 Å². The number of thiophene rings is 1. The lowest BCUT2D eigenvalue weighted by atomic mass is 10.4. The van der Waals surface area contributed by atoms with Gasteiger partial charge in [-0.25, -0.2) is 4.79 Å². The van der Waals surface area contributed by atoms with Gasteiger partial charge in [-0.1, -0.05) is 6.07 Å². The van der Waals surface area contributed by atoms with Gasteiger partial charge < -0.3 is 4.74 Å². The Hall–Kier alpha value is -1.68. The van der Waals surface area contributed by atoms with Gasteiger partial charge in [-0.3, -0.25) is 4.98 Å². The van der Waals surface area contributed by atoms with E-state index in [1.165, 1.54) is 11.3 Å². The zero-order valence-corrected chi connectivity index (χ0v) is 9.66. The molecule has 0 spiro atoms. The van der Waals surface area contributed by atoms with Crippen molar-refractivity contribution in [1.82, 2.24) is 4.98 Å². The van der Waals surface area contributed by atoms with Crippen LogP contribution in [0.25, 0.3) is 0 Å². The molecule has 0 saturated carbocycles. The molecular weight excluding hydrogens is 222 g/mol. The van der Waals surface area contributed by atoms with Gasteiger partial charge in [0.05, 0.1) is 5.69 Å². The molecule has 0 aliphatic heterocycles. The van der Waals surface area contributed by atoms with E-state index in [9.17, 15) is 4.79 Å². The van der Waals surface area contributed by atoms with Crippen LogP contribution < -0.4 is 0 Å². The van der Waals surface area contributed by atoms with Crippen LogP contribution in [-0.2, 0) is 11.3 Å². The number of carbonyl (C=O) groups is 1. The van der Waals surface area contributed by atoms with E-state index >= 15 is 0 Å². The summed E-state index contributed by atoms with van der Waals surface area (Å²) >= 11 is 1.44. The van der Waals surface area contributed by atoms with Crippen molar-refractivity contribution in [1.29, 1.82) is 0 Å². The van der Waals surface area contributed by atoms with E-state index in [0.717, 1.165) is 10.6 Å². The predicted octanol–water partition coefficient (Wildman–Crippen LogP) is 2.81. The topological polar surface area (TPSA) is 39.2 Å². The number of nitrogens with zero attached hydrogens (tertiary/aromatic N) is 1. The SMILES string of the molecule is Cc1ccc(C(=O)OCc2ccccn2)s1. The third-order valence-electron chi connectivity index (χ3n) is 2.02. The van der Waals surface area contributed by atoms with Gasteiger partial charge in [0, 0.05) is 11.1 Å². The quantitative estimate of drug-likeness (QED) is 0.765. The summed E-state index contributed by atoms with van der Waals surface area (Å²) in [5.41, 5.74) is 0.754. The highest BCUT2D eigenvalue weighted by atomic mass is 32.1. The first-order chi connectivity index (χ1) is 7.75. The summed E-state index contributed by atoms with van der Waals surface area (Å²) in [5.74, 6) is -0.288. The number of hydrogen-bond acceptors (Lipinski definition) is 4. The second kappa shape index (κ2) is 4.90. The number of aromatic nitrogens is 1. The van der Waals surface area contributed by atoms with Gasteiger partial charge >= 0.3 is 5.97 Å². The van der Waals surface area contributed by atoms with Crippen molar-refractivity contribution < 1.29 is 9.53 Å². The Morgan fingerprint density at radius 2 is 2.25 bits per heavy atom. The minimum absolute atomic E-state index is 0.219. The van der Waals surface area contributed by atoms with Crippen LogP contribution in [0, 0.1) is 6.92 Å². The molecule has 0 saturated heterocycles. The van der Waals surface area contributed by atoms with Gasteiger partial charge in [0.1, 0.15) is 11.5 Å². The normalized spacial score (nSPS) is 10.1. The van der Waals surface area contributed by atoms with Crippen LogP contribution in [0.5, 0.6) is 0 Å². The smallest absolute Gasteiger partial charge is 0.348 e. The van der Waals surface area contributed by atoms with Gasteiger partial charge in [0.25, 0.3) is 0 Å². The number of ether oxygens (including phenoxy) is 1. The van der Waals surface area contributed by atoms with Crippen molar-refractivity contribution in [2.24, 2.45) is 0 Å². The number of carbonyl (C=O) groups excluding carboxylic acids is 1. The molecule has 2 aromatic heterocycles. The molecule has 0 aromatic carbocycles. The summed E-state index contributed by atoms with van der Waals surface area (Å²) < 4.78 is 5.14.